The van der Waals surface area contributed by atoms with E-state index < -0.39 is 0 Å². The van der Waals surface area contributed by atoms with Gasteiger partial charge in [-0.2, -0.15) is 0 Å². The van der Waals surface area contributed by atoms with E-state index in [2.05, 4.69) is 11.4 Å². The fourth-order valence-electron chi connectivity index (χ4n) is 2.31. The molecule has 0 radical (unpaired) electrons. The van der Waals surface area contributed by atoms with Crippen molar-refractivity contribution in [2.24, 2.45) is 0 Å². The number of hydrogen-bond acceptors (Lipinski definition) is 3. The lowest BCUT2D eigenvalue weighted by Gasteiger charge is -2.07. The summed E-state index contributed by atoms with van der Waals surface area (Å²) in [7, 11) is 0. The van der Waals surface area contributed by atoms with E-state index in [1.54, 1.807) is 12.1 Å². The molecule has 1 aliphatic rings. The van der Waals surface area contributed by atoms with Gasteiger partial charge in [-0.25, -0.2) is 0 Å². The molecule has 0 aliphatic heterocycles. The molecule has 0 saturated carbocycles. The molecular weight excluding hydrogens is 264 g/mol. The van der Waals surface area contributed by atoms with Gasteiger partial charge in [0.25, 0.3) is 5.69 Å². The second-order valence-corrected chi connectivity index (χ2v) is 5.15. The van der Waals surface area contributed by atoms with E-state index in [0.717, 1.165) is 13.0 Å². The predicted octanol–water partition coefficient (Wildman–Crippen LogP) is 3.84. The van der Waals surface area contributed by atoms with Gasteiger partial charge in [-0.3, -0.25) is 10.1 Å². The van der Waals surface area contributed by atoms with Crippen molar-refractivity contribution in [3.8, 4) is 0 Å². The topological polar surface area (TPSA) is 55.2 Å². The smallest absolute Gasteiger partial charge is 0.273 e. The van der Waals surface area contributed by atoms with Crippen LogP contribution in [0.2, 0.25) is 5.02 Å². The Morgan fingerprint density at radius 2 is 2.26 bits per heavy atom. The number of allylic oxidation sites excluding steroid dienone is 1. The summed E-state index contributed by atoms with van der Waals surface area (Å²) in [5.41, 5.74) is 2.25. The normalized spacial score (nSPS) is 14.5. The number of halogens is 1. The van der Waals surface area contributed by atoms with E-state index in [0.29, 0.717) is 17.1 Å². The zero-order valence-electron chi connectivity index (χ0n) is 10.7. The molecule has 5 heteroatoms. The minimum absolute atomic E-state index is 0.122. The Hall–Kier alpha value is -1.39. The number of benzene rings is 1. The van der Waals surface area contributed by atoms with Crippen molar-refractivity contribution in [1.29, 1.82) is 0 Å². The Morgan fingerprint density at radius 1 is 1.42 bits per heavy atom. The van der Waals surface area contributed by atoms with Crippen molar-refractivity contribution in [3.63, 3.8) is 0 Å². The van der Waals surface area contributed by atoms with E-state index in [4.69, 9.17) is 11.6 Å². The predicted molar refractivity (Wildman–Crippen MR) is 76.4 cm³/mol. The van der Waals surface area contributed by atoms with Crippen LogP contribution in [-0.2, 0) is 6.54 Å². The highest BCUT2D eigenvalue weighted by Gasteiger charge is 2.13. The Bertz CT molecular complexity index is 500. The molecule has 19 heavy (non-hydrogen) atoms. The number of nitrogens with zero attached hydrogens (tertiary/aromatic N) is 1. The van der Waals surface area contributed by atoms with Gasteiger partial charge in [0, 0.05) is 23.2 Å². The fourth-order valence-corrected chi connectivity index (χ4v) is 2.50. The van der Waals surface area contributed by atoms with Gasteiger partial charge in [-0.15, -0.1) is 0 Å². The molecule has 1 N–H and O–H groups in total. The minimum Gasteiger partial charge on any atom is -0.312 e. The number of nitrogens with one attached hydrogen (secondary N) is 1. The number of rotatable bonds is 6. The second kappa shape index (κ2) is 6.68. The van der Waals surface area contributed by atoms with Gasteiger partial charge in [0.2, 0.25) is 0 Å². The van der Waals surface area contributed by atoms with Crippen molar-refractivity contribution < 1.29 is 4.92 Å². The van der Waals surface area contributed by atoms with Crippen LogP contribution in [0.25, 0.3) is 0 Å². The van der Waals surface area contributed by atoms with Gasteiger partial charge in [0.15, 0.2) is 0 Å². The van der Waals surface area contributed by atoms with Crippen molar-refractivity contribution in [1.82, 2.24) is 5.32 Å². The summed E-state index contributed by atoms with van der Waals surface area (Å²) in [5, 5.41) is 14.7. The summed E-state index contributed by atoms with van der Waals surface area (Å²) < 4.78 is 0. The molecule has 0 saturated heterocycles. The lowest BCUT2D eigenvalue weighted by atomic mass is 10.1. The van der Waals surface area contributed by atoms with Gasteiger partial charge in [-0.1, -0.05) is 23.3 Å². The molecule has 1 aromatic carbocycles. The van der Waals surface area contributed by atoms with Crippen LogP contribution in [-0.4, -0.2) is 11.5 Å². The minimum atomic E-state index is -0.368. The molecule has 0 fully saturated rings. The SMILES string of the molecule is O=[N+]([O-])c1ccc(Cl)cc1CNCCC1=CCCC1. The van der Waals surface area contributed by atoms with E-state index in [9.17, 15) is 10.1 Å². The average Bonchev–Trinajstić information content (AvgIpc) is 2.87. The van der Waals surface area contributed by atoms with E-state index in [1.807, 2.05) is 0 Å². The summed E-state index contributed by atoms with van der Waals surface area (Å²) in [5.74, 6) is 0. The first-order valence-corrected chi connectivity index (χ1v) is 6.86. The Balaban J connectivity index is 1.87. The van der Waals surface area contributed by atoms with Crippen LogP contribution >= 0.6 is 11.6 Å². The van der Waals surface area contributed by atoms with Crippen LogP contribution in [0.15, 0.2) is 29.8 Å². The van der Waals surface area contributed by atoms with Crippen LogP contribution in [0, 0.1) is 10.1 Å². The third-order valence-corrected chi connectivity index (χ3v) is 3.55. The van der Waals surface area contributed by atoms with Gasteiger partial charge in [0.1, 0.15) is 0 Å². The Morgan fingerprint density at radius 3 is 2.95 bits per heavy atom. The molecule has 2 rings (SSSR count). The molecule has 0 heterocycles. The third kappa shape index (κ3) is 4.04. The first kappa shape index (κ1) is 14.0. The maximum atomic E-state index is 10.9. The lowest BCUT2D eigenvalue weighted by molar-refractivity contribution is -0.385. The number of nitro benzene ring substituents is 1. The van der Waals surface area contributed by atoms with E-state index in [1.165, 1.54) is 30.9 Å². The molecule has 0 aromatic heterocycles. The highest BCUT2D eigenvalue weighted by Crippen LogP contribution is 2.23. The molecule has 4 nitrogen and oxygen atoms in total. The maximum absolute atomic E-state index is 10.9. The molecule has 0 bridgehead atoms. The van der Waals surface area contributed by atoms with E-state index >= 15 is 0 Å². The van der Waals surface area contributed by atoms with Crippen molar-refractivity contribution in [2.45, 2.75) is 32.2 Å². The maximum Gasteiger partial charge on any atom is 0.273 e. The third-order valence-electron chi connectivity index (χ3n) is 3.31. The fraction of sp³-hybridized carbons (Fsp3) is 0.429. The van der Waals surface area contributed by atoms with E-state index in [-0.39, 0.29) is 10.6 Å². The first-order chi connectivity index (χ1) is 9.16. The van der Waals surface area contributed by atoms with Crippen molar-refractivity contribution >= 4 is 17.3 Å². The molecule has 0 spiro atoms. The summed E-state index contributed by atoms with van der Waals surface area (Å²) in [4.78, 5) is 10.5. The molecular formula is C14H17ClN2O2. The first-order valence-electron chi connectivity index (χ1n) is 6.48. The molecule has 1 aromatic rings. The van der Waals surface area contributed by atoms with Crippen LogP contribution < -0.4 is 5.32 Å². The highest BCUT2D eigenvalue weighted by atomic mass is 35.5. The highest BCUT2D eigenvalue weighted by molar-refractivity contribution is 6.30. The lowest BCUT2D eigenvalue weighted by Crippen LogP contribution is -2.16. The molecule has 0 atom stereocenters. The Labute approximate surface area is 117 Å². The van der Waals surface area contributed by atoms with Gasteiger partial charge < -0.3 is 5.32 Å². The molecule has 102 valence electrons. The summed E-state index contributed by atoms with van der Waals surface area (Å²) >= 11 is 5.88. The van der Waals surface area contributed by atoms with Gasteiger partial charge >= 0.3 is 0 Å². The summed E-state index contributed by atoms with van der Waals surface area (Å²) in [6.07, 6.45) is 6.96. The van der Waals surface area contributed by atoms with Crippen LogP contribution in [0.1, 0.15) is 31.2 Å². The van der Waals surface area contributed by atoms with Crippen LogP contribution in [0.4, 0.5) is 5.69 Å². The number of nitro groups is 1. The molecule has 0 amide bonds. The largest absolute Gasteiger partial charge is 0.312 e. The average molecular weight is 281 g/mol. The van der Waals surface area contributed by atoms with Crippen LogP contribution in [0.5, 0.6) is 0 Å². The standard InChI is InChI=1S/C14H17ClN2O2/c15-13-5-6-14(17(18)19)12(9-13)10-16-8-7-11-3-1-2-4-11/h3,5-6,9,16H,1-2,4,7-8,10H2. The summed E-state index contributed by atoms with van der Waals surface area (Å²) in [6.45, 7) is 1.32. The number of hydrogen-bond donors (Lipinski definition) is 1. The van der Waals surface area contributed by atoms with Crippen LogP contribution in [0.3, 0.4) is 0 Å². The quantitative estimate of drug-likeness (QED) is 0.373. The van der Waals surface area contributed by atoms with Gasteiger partial charge in [0.05, 0.1) is 4.92 Å². The summed E-state index contributed by atoms with van der Waals surface area (Å²) in [6, 6.07) is 4.66. The second-order valence-electron chi connectivity index (χ2n) is 4.71. The van der Waals surface area contributed by atoms with Gasteiger partial charge in [-0.05, 0) is 44.4 Å². The Kier molecular flexibility index (Phi) is 4.93. The molecule has 0 unspecified atom stereocenters. The zero-order valence-corrected chi connectivity index (χ0v) is 11.4. The van der Waals surface area contributed by atoms with Crippen molar-refractivity contribution in [3.05, 3.63) is 50.5 Å². The zero-order chi connectivity index (χ0) is 13.7. The van der Waals surface area contributed by atoms with Crippen molar-refractivity contribution in [2.75, 3.05) is 6.54 Å². The molecule has 1 aliphatic carbocycles. The monoisotopic (exact) mass is 280 g/mol.